The van der Waals surface area contributed by atoms with Crippen LogP contribution in [-0.4, -0.2) is 46.6 Å². The molecule has 1 unspecified atom stereocenters. The van der Waals surface area contributed by atoms with Gasteiger partial charge in [-0.25, -0.2) is 5.84 Å². The summed E-state index contributed by atoms with van der Waals surface area (Å²) in [6, 6.07) is 8.03. The molecule has 1 fully saturated rings. The van der Waals surface area contributed by atoms with Crippen LogP contribution in [-0.2, 0) is 29.4 Å². The number of rotatable bonds is 6. The Labute approximate surface area is 201 Å². The van der Waals surface area contributed by atoms with E-state index in [1.54, 1.807) is 37.5 Å². The lowest BCUT2D eigenvalue weighted by molar-refractivity contribution is -0.137. The smallest absolute Gasteiger partial charge is 0.397 e. The molecule has 1 aromatic heterocycles. The molecule has 1 atom stereocenters. The van der Waals surface area contributed by atoms with Crippen molar-refractivity contribution in [1.82, 2.24) is 14.5 Å². The van der Waals surface area contributed by atoms with Crippen LogP contribution in [0.15, 0.2) is 66.2 Å². The lowest BCUT2D eigenvalue weighted by atomic mass is 10.1. The Morgan fingerprint density at radius 2 is 1.91 bits per heavy atom. The quantitative estimate of drug-likeness (QED) is 0.364. The molecule has 1 aliphatic rings. The molecule has 1 aliphatic heterocycles. The standard InChI is InChI=1S/C15H16F3NO2.C9H14N4O/c1-2-14(20)19-8-7-13(9-19)21-10-11-3-5-12(6-4-11)15(16,17)18;1-12-5-7(3-4-9(12)14)8(10)6-13(2)11/h2-6,13H,1,7-10H2;3-6H,10-11H2,1-2H3/b;8-6-. The molecule has 3 rings (SSSR count). The van der Waals surface area contributed by atoms with E-state index in [-0.39, 0.29) is 24.2 Å². The summed E-state index contributed by atoms with van der Waals surface area (Å²) in [7, 11) is 3.35. The second-order valence-electron chi connectivity index (χ2n) is 8.02. The number of aryl methyl sites for hydroxylation is 1. The van der Waals surface area contributed by atoms with Crippen LogP contribution >= 0.6 is 0 Å². The third-order valence-corrected chi connectivity index (χ3v) is 5.16. The Hall–Kier alpha value is -3.57. The van der Waals surface area contributed by atoms with Crippen LogP contribution in [0.25, 0.3) is 5.70 Å². The number of hydrogen-bond acceptors (Lipinski definition) is 6. The Kier molecular flexibility index (Phi) is 9.67. The largest absolute Gasteiger partial charge is 0.416 e. The average molecular weight is 494 g/mol. The predicted octanol–water partition coefficient (Wildman–Crippen LogP) is 2.46. The molecule has 0 aliphatic carbocycles. The number of aromatic nitrogens is 1. The van der Waals surface area contributed by atoms with Crippen molar-refractivity contribution in [2.75, 3.05) is 20.1 Å². The zero-order valence-electron chi connectivity index (χ0n) is 19.7. The minimum Gasteiger partial charge on any atom is -0.397 e. The number of hydrazine groups is 1. The first-order valence-corrected chi connectivity index (χ1v) is 10.7. The van der Waals surface area contributed by atoms with Gasteiger partial charge in [-0.3, -0.25) is 9.59 Å². The highest BCUT2D eigenvalue weighted by Crippen LogP contribution is 2.29. The molecule has 2 heterocycles. The van der Waals surface area contributed by atoms with Crippen LogP contribution in [0.2, 0.25) is 0 Å². The fraction of sp³-hybridized carbons (Fsp3) is 0.333. The van der Waals surface area contributed by atoms with Crippen molar-refractivity contribution in [2.24, 2.45) is 18.6 Å². The highest BCUT2D eigenvalue weighted by molar-refractivity contribution is 5.87. The molecule has 190 valence electrons. The molecule has 4 N–H and O–H groups in total. The van der Waals surface area contributed by atoms with Crippen LogP contribution < -0.4 is 17.1 Å². The Morgan fingerprint density at radius 3 is 2.46 bits per heavy atom. The number of benzene rings is 1. The SMILES string of the molecule is C=CC(=O)N1CCC(OCc2ccc(C(F)(F)F)cc2)C1.CN(N)/C=C(\N)c1ccc(=O)n(C)c1. The number of nitrogens with zero attached hydrogens (tertiary/aromatic N) is 3. The van der Waals surface area contributed by atoms with Crippen molar-refractivity contribution in [3.05, 3.63) is 88.5 Å². The van der Waals surface area contributed by atoms with Gasteiger partial charge in [0, 0.05) is 51.2 Å². The molecule has 1 saturated heterocycles. The van der Waals surface area contributed by atoms with E-state index in [0.29, 0.717) is 24.4 Å². The number of amides is 1. The van der Waals surface area contributed by atoms with E-state index in [1.165, 1.54) is 33.9 Å². The number of nitrogens with two attached hydrogens (primary N) is 2. The van der Waals surface area contributed by atoms with Crippen molar-refractivity contribution in [1.29, 1.82) is 0 Å². The Morgan fingerprint density at radius 1 is 1.26 bits per heavy atom. The maximum Gasteiger partial charge on any atom is 0.416 e. The number of carbonyl (C=O) groups excluding carboxylic acids is 1. The molecule has 0 radical (unpaired) electrons. The van der Waals surface area contributed by atoms with E-state index in [1.807, 2.05) is 0 Å². The maximum absolute atomic E-state index is 12.4. The number of likely N-dealkylation sites (tertiary alicyclic amines) is 1. The second-order valence-corrected chi connectivity index (χ2v) is 8.02. The summed E-state index contributed by atoms with van der Waals surface area (Å²) in [5.74, 6) is 5.28. The van der Waals surface area contributed by atoms with Crippen molar-refractivity contribution < 1.29 is 22.7 Å². The van der Waals surface area contributed by atoms with Crippen LogP contribution in [0.5, 0.6) is 0 Å². The number of ether oxygens (including phenoxy) is 1. The molecule has 35 heavy (non-hydrogen) atoms. The van der Waals surface area contributed by atoms with E-state index in [0.717, 1.165) is 24.1 Å². The summed E-state index contributed by atoms with van der Waals surface area (Å²) in [5, 5.41) is 1.36. The summed E-state index contributed by atoms with van der Waals surface area (Å²) >= 11 is 0. The number of hydrogen-bond donors (Lipinski definition) is 2. The van der Waals surface area contributed by atoms with Gasteiger partial charge < -0.3 is 24.9 Å². The highest BCUT2D eigenvalue weighted by Gasteiger charge is 2.30. The van der Waals surface area contributed by atoms with Crippen molar-refractivity contribution in [3.63, 3.8) is 0 Å². The molecule has 0 spiro atoms. The highest BCUT2D eigenvalue weighted by atomic mass is 19.4. The van der Waals surface area contributed by atoms with E-state index in [2.05, 4.69) is 6.58 Å². The third-order valence-electron chi connectivity index (χ3n) is 5.16. The van der Waals surface area contributed by atoms with Gasteiger partial charge in [-0.2, -0.15) is 13.2 Å². The predicted molar refractivity (Wildman–Crippen MR) is 127 cm³/mol. The molecule has 0 saturated carbocycles. The number of halogens is 3. The maximum atomic E-state index is 12.4. The Bertz CT molecular complexity index is 1090. The summed E-state index contributed by atoms with van der Waals surface area (Å²) in [5.41, 5.74) is 6.96. The van der Waals surface area contributed by atoms with Crippen molar-refractivity contribution >= 4 is 11.6 Å². The van der Waals surface area contributed by atoms with Gasteiger partial charge in [-0.15, -0.1) is 0 Å². The first kappa shape index (κ1) is 27.7. The lowest BCUT2D eigenvalue weighted by Gasteiger charge is -2.15. The monoisotopic (exact) mass is 493 g/mol. The van der Waals surface area contributed by atoms with Crippen LogP contribution in [0.1, 0.15) is 23.1 Å². The summed E-state index contributed by atoms with van der Waals surface area (Å²) in [6.45, 7) is 4.77. The minimum absolute atomic E-state index is 0.0670. The van der Waals surface area contributed by atoms with E-state index in [4.69, 9.17) is 16.3 Å². The van der Waals surface area contributed by atoms with Gasteiger partial charge in [-0.05, 0) is 36.3 Å². The molecule has 11 heteroatoms. The van der Waals surface area contributed by atoms with Gasteiger partial charge in [0.05, 0.1) is 24.0 Å². The average Bonchev–Trinajstić information content (AvgIpc) is 3.28. The first-order chi connectivity index (χ1) is 16.4. The Balaban J connectivity index is 0.000000269. The zero-order chi connectivity index (χ0) is 26.2. The molecular weight excluding hydrogens is 463 g/mol. The van der Waals surface area contributed by atoms with Gasteiger partial charge in [0.15, 0.2) is 0 Å². The number of pyridine rings is 1. The number of carbonyl (C=O) groups is 1. The fourth-order valence-corrected chi connectivity index (χ4v) is 3.26. The van der Waals surface area contributed by atoms with Gasteiger partial charge in [0.1, 0.15) is 0 Å². The van der Waals surface area contributed by atoms with Crippen molar-refractivity contribution in [3.8, 4) is 0 Å². The third kappa shape index (κ3) is 8.62. The molecule has 2 aromatic rings. The molecular formula is C24H30F3N5O3. The van der Waals surface area contributed by atoms with Gasteiger partial charge in [0.25, 0.3) is 0 Å². The summed E-state index contributed by atoms with van der Waals surface area (Å²) in [4.78, 5) is 24.1. The topological polar surface area (TPSA) is 107 Å². The van der Waals surface area contributed by atoms with Gasteiger partial charge in [0.2, 0.25) is 11.5 Å². The van der Waals surface area contributed by atoms with Crippen LogP contribution in [0.3, 0.4) is 0 Å². The summed E-state index contributed by atoms with van der Waals surface area (Å²) in [6.07, 6.45) is 0.822. The minimum atomic E-state index is -4.32. The van der Waals surface area contributed by atoms with E-state index >= 15 is 0 Å². The molecule has 0 bridgehead atoms. The lowest BCUT2D eigenvalue weighted by Crippen LogP contribution is -2.28. The van der Waals surface area contributed by atoms with Gasteiger partial charge in [-0.1, -0.05) is 18.7 Å². The van der Waals surface area contributed by atoms with E-state index in [9.17, 15) is 22.8 Å². The fourth-order valence-electron chi connectivity index (χ4n) is 3.26. The summed E-state index contributed by atoms with van der Waals surface area (Å²) < 4.78 is 44.4. The molecule has 1 amide bonds. The van der Waals surface area contributed by atoms with Gasteiger partial charge >= 0.3 is 6.18 Å². The van der Waals surface area contributed by atoms with Crippen LogP contribution in [0, 0.1) is 0 Å². The second kappa shape index (κ2) is 12.2. The molecule has 8 nitrogen and oxygen atoms in total. The normalized spacial score (nSPS) is 15.9. The van der Waals surface area contributed by atoms with Crippen molar-refractivity contribution in [2.45, 2.75) is 25.3 Å². The van der Waals surface area contributed by atoms with Crippen LogP contribution in [0.4, 0.5) is 13.2 Å². The molecule has 1 aromatic carbocycles. The zero-order valence-corrected chi connectivity index (χ0v) is 19.7. The number of alkyl halides is 3. The van der Waals surface area contributed by atoms with E-state index < -0.39 is 11.7 Å². The first-order valence-electron chi connectivity index (χ1n) is 10.7.